The van der Waals surface area contributed by atoms with Gasteiger partial charge in [0.1, 0.15) is 11.5 Å². The summed E-state index contributed by atoms with van der Waals surface area (Å²) in [5.74, 6) is 1.16. The zero-order chi connectivity index (χ0) is 19.2. The molecule has 1 amide bonds. The van der Waals surface area contributed by atoms with E-state index in [1.54, 1.807) is 18.2 Å². The normalized spacial score (nSPS) is 11.1. The van der Waals surface area contributed by atoms with Gasteiger partial charge < -0.3 is 4.42 Å². The van der Waals surface area contributed by atoms with Gasteiger partial charge in [-0.1, -0.05) is 23.4 Å². The van der Waals surface area contributed by atoms with Gasteiger partial charge in [0.05, 0.1) is 12.0 Å². The third-order valence-corrected chi connectivity index (χ3v) is 4.53. The van der Waals surface area contributed by atoms with E-state index in [9.17, 15) is 4.79 Å². The minimum absolute atomic E-state index is 0.175. The monoisotopic (exact) mass is 400 g/mol. The molecule has 0 spiro atoms. The molecule has 3 aromatic rings. The Kier molecular flexibility index (Phi) is 6.26. The van der Waals surface area contributed by atoms with Crippen LogP contribution in [0.15, 0.2) is 57.1 Å². The molecule has 0 aliphatic rings. The van der Waals surface area contributed by atoms with Crippen molar-refractivity contribution in [2.45, 2.75) is 19.0 Å². The molecule has 0 aliphatic carbocycles. The number of aryl methyl sites for hydroxylation is 2. The van der Waals surface area contributed by atoms with Crippen LogP contribution >= 0.6 is 23.4 Å². The van der Waals surface area contributed by atoms with Gasteiger partial charge in [0.25, 0.3) is 5.91 Å². The molecule has 0 unspecified atom stereocenters. The molecule has 2 aromatic heterocycles. The molecule has 0 atom stereocenters. The first-order chi connectivity index (χ1) is 13.0. The Morgan fingerprint density at radius 3 is 2.59 bits per heavy atom. The maximum atomic E-state index is 11.9. The van der Waals surface area contributed by atoms with Gasteiger partial charge in [-0.3, -0.25) is 4.79 Å². The summed E-state index contributed by atoms with van der Waals surface area (Å²) < 4.78 is 5.68. The van der Waals surface area contributed by atoms with E-state index in [1.807, 2.05) is 38.1 Å². The lowest BCUT2D eigenvalue weighted by Crippen LogP contribution is -2.19. The maximum Gasteiger partial charge on any atom is 0.250 e. The van der Waals surface area contributed by atoms with Crippen LogP contribution in [-0.4, -0.2) is 27.8 Å². The number of amides is 1. The molecule has 0 radical (unpaired) electrons. The fourth-order valence-corrected chi connectivity index (χ4v) is 3.15. The number of benzene rings is 1. The van der Waals surface area contributed by atoms with Crippen molar-refractivity contribution in [3.63, 3.8) is 0 Å². The Bertz CT molecular complexity index is 950. The largest absolute Gasteiger partial charge is 0.455 e. The van der Waals surface area contributed by atoms with Crippen molar-refractivity contribution in [3.8, 4) is 11.3 Å². The molecule has 0 fully saturated rings. The van der Waals surface area contributed by atoms with E-state index in [0.29, 0.717) is 21.7 Å². The zero-order valence-electron chi connectivity index (χ0n) is 14.8. The van der Waals surface area contributed by atoms with Crippen LogP contribution in [0.1, 0.15) is 17.1 Å². The molecule has 3 rings (SSSR count). The van der Waals surface area contributed by atoms with Gasteiger partial charge >= 0.3 is 0 Å². The van der Waals surface area contributed by atoms with Gasteiger partial charge in [-0.15, -0.1) is 0 Å². The highest BCUT2D eigenvalue weighted by Gasteiger charge is 2.06. The first-order valence-electron chi connectivity index (χ1n) is 8.12. The molecule has 27 heavy (non-hydrogen) atoms. The van der Waals surface area contributed by atoms with Crippen LogP contribution in [0.3, 0.4) is 0 Å². The zero-order valence-corrected chi connectivity index (χ0v) is 16.3. The molecule has 0 saturated carbocycles. The summed E-state index contributed by atoms with van der Waals surface area (Å²) in [6, 6.07) is 12.8. The third kappa shape index (κ3) is 5.67. The van der Waals surface area contributed by atoms with Gasteiger partial charge in [-0.05, 0) is 56.3 Å². The summed E-state index contributed by atoms with van der Waals surface area (Å²) in [5.41, 5.74) is 5.12. The van der Waals surface area contributed by atoms with Crippen LogP contribution in [0.2, 0.25) is 5.02 Å². The minimum Gasteiger partial charge on any atom is -0.455 e. The molecule has 6 nitrogen and oxygen atoms in total. The highest BCUT2D eigenvalue weighted by atomic mass is 35.5. The van der Waals surface area contributed by atoms with Crippen molar-refractivity contribution >= 4 is 35.5 Å². The number of carbonyl (C=O) groups excluding carboxylic acids is 1. The van der Waals surface area contributed by atoms with Gasteiger partial charge in [-0.25, -0.2) is 15.4 Å². The summed E-state index contributed by atoms with van der Waals surface area (Å²) in [4.78, 5) is 20.5. The maximum absolute atomic E-state index is 11.9. The lowest BCUT2D eigenvalue weighted by atomic mass is 10.2. The summed E-state index contributed by atoms with van der Waals surface area (Å²) in [5, 5.41) is 5.16. The summed E-state index contributed by atoms with van der Waals surface area (Å²) in [6.45, 7) is 3.79. The molecule has 8 heteroatoms. The molecule has 0 aliphatic heterocycles. The van der Waals surface area contributed by atoms with E-state index in [2.05, 4.69) is 20.5 Å². The Hall–Kier alpha value is -2.64. The van der Waals surface area contributed by atoms with Crippen molar-refractivity contribution in [3.05, 3.63) is 64.6 Å². The van der Waals surface area contributed by atoms with Crippen molar-refractivity contribution in [2.24, 2.45) is 5.10 Å². The highest BCUT2D eigenvalue weighted by Crippen LogP contribution is 2.23. The lowest BCUT2D eigenvalue weighted by Gasteiger charge is -2.02. The number of hydrazone groups is 1. The second-order valence-corrected chi connectivity index (χ2v) is 7.10. The van der Waals surface area contributed by atoms with Gasteiger partial charge in [-0.2, -0.15) is 5.10 Å². The average Bonchev–Trinajstić information content (AvgIpc) is 3.09. The third-order valence-electron chi connectivity index (χ3n) is 3.43. The second-order valence-electron chi connectivity index (χ2n) is 5.72. The number of rotatable bonds is 6. The number of furan rings is 1. The van der Waals surface area contributed by atoms with Crippen molar-refractivity contribution in [1.82, 2.24) is 15.4 Å². The molecule has 2 heterocycles. The molecule has 0 saturated heterocycles. The molecule has 1 N–H and O–H groups in total. The van der Waals surface area contributed by atoms with Crippen molar-refractivity contribution < 1.29 is 9.21 Å². The van der Waals surface area contributed by atoms with Gasteiger partial charge in [0.2, 0.25) is 0 Å². The Morgan fingerprint density at radius 1 is 1.19 bits per heavy atom. The number of aromatic nitrogens is 2. The number of carbonyl (C=O) groups is 1. The average molecular weight is 401 g/mol. The summed E-state index contributed by atoms with van der Waals surface area (Å²) in [7, 11) is 0. The molecular formula is C19H17ClN4O2S. The Labute approximate surface area is 166 Å². The van der Waals surface area contributed by atoms with Crippen LogP contribution in [0.4, 0.5) is 0 Å². The topological polar surface area (TPSA) is 80.4 Å². The van der Waals surface area contributed by atoms with Crippen LogP contribution in [-0.2, 0) is 4.79 Å². The van der Waals surface area contributed by atoms with Crippen LogP contribution in [0, 0.1) is 13.8 Å². The quantitative estimate of drug-likeness (QED) is 0.289. The van der Waals surface area contributed by atoms with E-state index >= 15 is 0 Å². The molecular weight excluding hydrogens is 384 g/mol. The minimum atomic E-state index is -0.247. The Balaban J connectivity index is 1.51. The SMILES string of the molecule is Cc1cc(C)nc(SCC(=O)N/N=C\c2ccc(-c3ccc(Cl)cc3)o2)n1. The number of nitrogens with zero attached hydrogens (tertiary/aromatic N) is 3. The number of hydrogen-bond acceptors (Lipinski definition) is 6. The number of nitrogens with one attached hydrogen (secondary N) is 1. The lowest BCUT2D eigenvalue weighted by molar-refractivity contribution is -0.118. The predicted octanol–water partition coefficient (Wildman–Crippen LogP) is 4.25. The smallest absolute Gasteiger partial charge is 0.250 e. The number of hydrogen-bond donors (Lipinski definition) is 1. The van der Waals surface area contributed by atoms with Gasteiger partial charge in [0.15, 0.2) is 5.16 Å². The van der Waals surface area contributed by atoms with E-state index in [0.717, 1.165) is 17.0 Å². The molecule has 0 bridgehead atoms. The van der Waals surface area contributed by atoms with Crippen molar-refractivity contribution in [2.75, 3.05) is 5.75 Å². The number of thioether (sulfide) groups is 1. The first kappa shape index (κ1) is 19.1. The first-order valence-corrected chi connectivity index (χ1v) is 9.49. The predicted molar refractivity (Wildman–Crippen MR) is 107 cm³/mol. The summed E-state index contributed by atoms with van der Waals surface area (Å²) >= 11 is 7.14. The van der Waals surface area contributed by atoms with Crippen LogP contribution in [0.25, 0.3) is 11.3 Å². The highest BCUT2D eigenvalue weighted by molar-refractivity contribution is 7.99. The standard InChI is InChI=1S/C19H17ClN4O2S/c1-12-9-13(2)23-19(22-12)27-11-18(25)24-21-10-16-7-8-17(26-16)14-3-5-15(20)6-4-14/h3-10H,11H2,1-2H3,(H,24,25)/b21-10-. The Morgan fingerprint density at radius 2 is 1.89 bits per heavy atom. The van der Waals surface area contributed by atoms with Crippen LogP contribution < -0.4 is 5.43 Å². The van der Waals surface area contributed by atoms with E-state index in [-0.39, 0.29) is 11.7 Å². The fourth-order valence-electron chi connectivity index (χ4n) is 2.28. The van der Waals surface area contributed by atoms with Gasteiger partial charge in [0, 0.05) is 22.0 Å². The van der Waals surface area contributed by atoms with Crippen molar-refractivity contribution in [1.29, 1.82) is 0 Å². The van der Waals surface area contributed by atoms with E-state index in [4.69, 9.17) is 16.0 Å². The van der Waals surface area contributed by atoms with E-state index < -0.39 is 0 Å². The molecule has 1 aromatic carbocycles. The second kappa shape index (κ2) is 8.83. The van der Waals surface area contributed by atoms with E-state index in [1.165, 1.54) is 18.0 Å². The number of halogens is 1. The van der Waals surface area contributed by atoms with Crippen LogP contribution in [0.5, 0.6) is 0 Å². The summed E-state index contributed by atoms with van der Waals surface area (Å²) in [6.07, 6.45) is 1.45. The fraction of sp³-hybridized carbons (Fsp3) is 0.158. The molecule has 138 valence electrons.